The van der Waals surface area contributed by atoms with E-state index in [1.54, 1.807) is 0 Å². The predicted molar refractivity (Wildman–Crippen MR) is 104 cm³/mol. The van der Waals surface area contributed by atoms with Gasteiger partial charge < -0.3 is 14.8 Å². The molecule has 0 saturated carbocycles. The summed E-state index contributed by atoms with van der Waals surface area (Å²) in [7, 11) is 0. The largest absolute Gasteiger partial charge is 0.454 e. The van der Waals surface area contributed by atoms with Crippen LogP contribution in [0.25, 0.3) is 0 Å². The van der Waals surface area contributed by atoms with Gasteiger partial charge in [-0.1, -0.05) is 50.2 Å². The number of hydrogen-bond acceptors (Lipinski definition) is 4. The van der Waals surface area contributed by atoms with Gasteiger partial charge in [0.15, 0.2) is 11.5 Å². The van der Waals surface area contributed by atoms with E-state index in [0.717, 1.165) is 28.1 Å². The highest BCUT2D eigenvalue weighted by atomic mass is 16.7. The Morgan fingerprint density at radius 2 is 1.93 bits per heavy atom. The fraction of sp³-hybridized carbons (Fsp3) is 0.273. The van der Waals surface area contributed by atoms with E-state index in [9.17, 15) is 4.79 Å². The molecule has 1 unspecified atom stereocenters. The van der Waals surface area contributed by atoms with E-state index in [1.165, 1.54) is 0 Å². The van der Waals surface area contributed by atoms with Crippen LogP contribution >= 0.6 is 0 Å². The number of rotatable bonds is 4. The second kappa shape index (κ2) is 6.41. The molecule has 3 aromatic rings. The van der Waals surface area contributed by atoms with Gasteiger partial charge in [-0.15, -0.1) is 0 Å². The monoisotopic (exact) mass is 375 g/mol. The van der Waals surface area contributed by atoms with Gasteiger partial charge in [-0.2, -0.15) is 5.10 Å². The van der Waals surface area contributed by atoms with Gasteiger partial charge in [-0.25, -0.2) is 0 Å². The molecule has 2 aliphatic rings. The van der Waals surface area contributed by atoms with E-state index >= 15 is 0 Å². The molecule has 0 spiro atoms. The number of carbonyl (C=O) groups excluding carboxylic acids is 1. The number of benzene rings is 2. The summed E-state index contributed by atoms with van der Waals surface area (Å²) >= 11 is 0. The molecule has 0 aliphatic carbocycles. The second-order valence-corrected chi connectivity index (χ2v) is 7.46. The van der Waals surface area contributed by atoms with Gasteiger partial charge in [0.05, 0.1) is 18.3 Å². The van der Waals surface area contributed by atoms with Crippen molar-refractivity contribution in [3.8, 4) is 11.5 Å². The first-order chi connectivity index (χ1) is 13.6. The summed E-state index contributed by atoms with van der Waals surface area (Å²) in [4.78, 5) is 12.9. The lowest BCUT2D eigenvalue weighted by Crippen LogP contribution is -2.23. The Bertz CT molecular complexity index is 1060. The van der Waals surface area contributed by atoms with Gasteiger partial charge in [0, 0.05) is 5.56 Å². The number of nitrogens with one attached hydrogen (secondary N) is 1. The van der Waals surface area contributed by atoms with Gasteiger partial charge in [0.2, 0.25) is 6.79 Å². The number of ether oxygens (including phenoxy) is 2. The average Bonchev–Trinajstić information content (AvgIpc) is 3.38. The molecular weight excluding hydrogens is 354 g/mol. The van der Waals surface area contributed by atoms with Crippen molar-refractivity contribution in [2.75, 3.05) is 6.79 Å². The molecule has 6 heteroatoms. The van der Waals surface area contributed by atoms with Crippen LogP contribution in [0, 0.1) is 0 Å². The Labute approximate surface area is 163 Å². The first-order valence-electron chi connectivity index (χ1n) is 9.46. The number of aromatic nitrogens is 2. The van der Waals surface area contributed by atoms with Gasteiger partial charge in [-0.05, 0) is 29.2 Å². The van der Waals surface area contributed by atoms with Crippen LogP contribution < -0.4 is 14.8 Å². The summed E-state index contributed by atoms with van der Waals surface area (Å²) in [5.41, 5.74) is 4.65. The number of amides is 1. The molecule has 6 nitrogen and oxygen atoms in total. The average molecular weight is 375 g/mol. The quantitative estimate of drug-likeness (QED) is 0.756. The molecule has 142 valence electrons. The number of fused-ring (bicyclic) bond motifs is 2. The Kier molecular flexibility index (Phi) is 3.86. The summed E-state index contributed by atoms with van der Waals surface area (Å²) in [6, 6.07) is 15.7. The zero-order chi connectivity index (χ0) is 19.3. The summed E-state index contributed by atoms with van der Waals surface area (Å²) in [6.07, 6.45) is 0. The predicted octanol–water partition coefficient (Wildman–Crippen LogP) is 3.62. The maximum absolute atomic E-state index is 12.9. The van der Waals surface area contributed by atoms with Crippen molar-refractivity contribution in [1.29, 1.82) is 0 Å². The molecule has 0 radical (unpaired) electrons. The first kappa shape index (κ1) is 16.9. The van der Waals surface area contributed by atoms with Crippen LogP contribution in [0.2, 0.25) is 0 Å². The normalized spacial score (nSPS) is 17.1. The fourth-order valence-corrected chi connectivity index (χ4v) is 3.93. The maximum atomic E-state index is 12.9. The van der Waals surface area contributed by atoms with E-state index in [1.807, 2.05) is 53.2 Å². The van der Waals surface area contributed by atoms with Gasteiger partial charge in [-0.3, -0.25) is 9.48 Å². The number of carbonyl (C=O) groups is 1. The van der Waals surface area contributed by atoms with Crippen LogP contribution in [0.1, 0.15) is 58.7 Å². The molecule has 0 saturated heterocycles. The fourth-order valence-electron chi connectivity index (χ4n) is 3.93. The van der Waals surface area contributed by atoms with Crippen LogP contribution in [0.5, 0.6) is 11.5 Å². The standard InChI is InChI=1S/C22H21N3O3/c1-13(2)19-18-20(15-8-9-16-17(10-15)28-12-27-16)23-22(26)21(18)25(24-19)11-14-6-4-3-5-7-14/h3-10,13,20H,11-12H2,1-2H3,(H,23,26). The van der Waals surface area contributed by atoms with Crippen molar-refractivity contribution in [1.82, 2.24) is 15.1 Å². The lowest BCUT2D eigenvalue weighted by atomic mass is 9.95. The molecule has 3 heterocycles. The third-order valence-electron chi connectivity index (χ3n) is 5.25. The molecule has 1 N–H and O–H groups in total. The van der Waals surface area contributed by atoms with Crippen molar-refractivity contribution in [2.24, 2.45) is 0 Å². The Morgan fingerprint density at radius 1 is 1.14 bits per heavy atom. The minimum absolute atomic E-state index is 0.0898. The smallest absolute Gasteiger partial charge is 0.270 e. The summed E-state index contributed by atoms with van der Waals surface area (Å²) in [5, 5.41) is 7.96. The third-order valence-corrected chi connectivity index (χ3v) is 5.25. The van der Waals surface area contributed by atoms with E-state index in [2.05, 4.69) is 19.2 Å². The number of hydrogen-bond donors (Lipinski definition) is 1. The molecule has 1 amide bonds. The zero-order valence-electron chi connectivity index (χ0n) is 15.8. The van der Waals surface area contributed by atoms with Crippen LogP contribution in [0.4, 0.5) is 0 Å². The van der Waals surface area contributed by atoms with Gasteiger partial charge >= 0.3 is 0 Å². The van der Waals surface area contributed by atoms with Crippen molar-refractivity contribution >= 4 is 5.91 Å². The van der Waals surface area contributed by atoms with E-state index in [0.29, 0.717) is 18.0 Å². The first-order valence-corrected chi connectivity index (χ1v) is 9.46. The minimum Gasteiger partial charge on any atom is -0.454 e. The van der Waals surface area contributed by atoms with Gasteiger partial charge in [0.25, 0.3) is 5.91 Å². The maximum Gasteiger partial charge on any atom is 0.270 e. The van der Waals surface area contributed by atoms with Crippen molar-refractivity contribution in [3.63, 3.8) is 0 Å². The molecule has 0 bridgehead atoms. The Hall–Kier alpha value is -3.28. The Balaban J connectivity index is 1.60. The van der Waals surface area contributed by atoms with Crippen LogP contribution in [0.3, 0.4) is 0 Å². The molecule has 1 aromatic heterocycles. The zero-order valence-corrected chi connectivity index (χ0v) is 15.8. The highest BCUT2D eigenvalue weighted by Gasteiger charge is 2.38. The van der Waals surface area contributed by atoms with E-state index < -0.39 is 0 Å². The van der Waals surface area contributed by atoms with Gasteiger partial charge in [0.1, 0.15) is 5.69 Å². The van der Waals surface area contributed by atoms with Crippen molar-refractivity contribution in [2.45, 2.75) is 32.4 Å². The van der Waals surface area contributed by atoms with Crippen molar-refractivity contribution < 1.29 is 14.3 Å². The SMILES string of the molecule is CC(C)c1nn(Cc2ccccc2)c2c1C(c1ccc3c(c1)OCO3)NC2=O. The lowest BCUT2D eigenvalue weighted by Gasteiger charge is -2.15. The molecule has 2 aliphatic heterocycles. The van der Waals surface area contributed by atoms with Crippen LogP contribution in [-0.2, 0) is 6.54 Å². The van der Waals surface area contributed by atoms with Crippen molar-refractivity contribution in [3.05, 3.63) is 76.6 Å². The molecule has 28 heavy (non-hydrogen) atoms. The summed E-state index contributed by atoms with van der Waals surface area (Å²) < 4.78 is 12.8. The second-order valence-electron chi connectivity index (χ2n) is 7.46. The van der Waals surface area contributed by atoms with Crippen LogP contribution in [0.15, 0.2) is 48.5 Å². The lowest BCUT2D eigenvalue weighted by molar-refractivity contribution is 0.0950. The molecular formula is C22H21N3O3. The molecule has 5 rings (SSSR count). The molecule has 0 fully saturated rings. The van der Waals surface area contributed by atoms with Crippen LogP contribution in [-0.4, -0.2) is 22.5 Å². The van der Waals surface area contributed by atoms with E-state index in [4.69, 9.17) is 14.6 Å². The molecule has 2 aromatic carbocycles. The van der Waals surface area contributed by atoms with E-state index in [-0.39, 0.29) is 24.7 Å². The number of nitrogens with zero attached hydrogens (tertiary/aromatic N) is 2. The highest BCUT2D eigenvalue weighted by Crippen LogP contribution is 2.40. The third kappa shape index (κ3) is 2.64. The topological polar surface area (TPSA) is 65.4 Å². The minimum atomic E-state index is -0.237. The molecule has 1 atom stereocenters. The summed E-state index contributed by atoms with van der Waals surface area (Å²) in [6.45, 7) is 5.01. The summed E-state index contributed by atoms with van der Waals surface area (Å²) in [5.74, 6) is 1.56. The highest BCUT2D eigenvalue weighted by molar-refractivity contribution is 5.98. The Morgan fingerprint density at radius 3 is 2.71 bits per heavy atom.